The maximum atomic E-state index is 5.87. The molecule has 0 radical (unpaired) electrons. The first-order valence-electron chi connectivity index (χ1n) is 3.40. The van der Waals surface area contributed by atoms with Crippen LogP contribution in [0, 0.1) is 0 Å². The summed E-state index contributed by atoms with van der Waals surface area (Å²) in [6.45, 7) is 0.543. The molecule has 0 atom stereocenters. The molecule has 5 heteroatoms. The molecular formula is C7H5Cl2N3. The van der Waals surface area contributed by atoms with Crippen LogP contribution in [0.2, 0.25) is 5.02 Å². The van der Waals surface area contributed by atoms with E-state index in [1.165, 1.54) is 4.53 Å². The third-order valence-electron chi connectivity index (χ3n) is 1.61. The lowest BCUT2D eigenvalue weighted by atomic mass is 10.2. The van der Waals surface area contributed by atoms with E-state index in [-0.39, 0.29) is 0 Å². The lowest BCUT2D eigenvalue weighted by Gasteiger charge is -2.15. The van der Waals surface area contributed by atoms with Gasteiger partial charge in [0, 0.05) is 17.3 Å². The number of benzene rings is 1. The van der Waals surface area contributed by atoms with Crippen LogP contribution in [-0.4, -0.2) is 4.53 Å². The molecule has 0 spiro atoms. The van der Waals surface area contributed by atoms with E-state index < -0.39 is 0 Å². The van der Waals surface area contributed by atoms with Gasteiger partial charge in [-0.1, -0.05) is 29.0 Å². The van der Waals surface area contributed by atoms with E-state index in [1.807, 2.05) is 12.1 Å². The van der Waals surface area contributed by atoms with Gasteiger partial charge in [-0.2, -0.15) is 4.53 Å². The Balaban J connectivity index is 2.53. The maximum Gasteiger partial charge on any atom is 0.111 e. The van der Waals surface area contributed by atoms with Crippen LogP contribution in [0.3, 0.4) is 0 Å². The molecule has 1 heterocycles. The van der Waals surface area contributed by atoms with Gasteiger partial charge in [0.15, 0.2) is 0 Å². The Morgan fingerprint density at radius 3 is 3.08 bits per heavy atom. The fourth-order valence-electron chi connectivity index (χ4n) is 1.07. The van der Waals surface area contributed by atoms with E-state index in [1.54, 1.807) is 6.07 Å². The van der Waals surface area contributed by atoms with Gasteiger partial charge in [0.2, 0.25) is 0 Å². The van der Waals surface area contributed by atoms with Crippen molar-refractivity contribution in [2.45, 2.75) is 6.54 Å². The van der Waals surface area contributed by atoms with Crippen molar-refractivity contribution in [3.05, 3.63) is 28.8 Å². The molecule has 3 nitrogen and oxygen atoms in total. The second kappa shape index (κ2) is 2.92. The van der Waals surface area contributed by atoms with Gasteiger partial charge in [0.1, 0.15) is 5.69 Å². The van der Waals surface area contributed by atoms with Crippen molar-refractivity contribution in [3.8, 4) is 0 Å². The van der Waals surface area contributed by atoms with Gasteiger partial charge in [-0.3, -0.25) is 0 Å². The van der Waals surface area contributed by atoms with E-state index in [0.29, 0.717) is 11.6 Å². The second-order valence-corrected chi connectivity index (χ2v) is 3.23. The van der Waals surface area contributed by atoms with Gasteiger partial charge in [-0.15, -0.1) is 5.11 Å². The Hall–Kier alpha value is -0.800. The molecular weight excluding hydrogens is 197 g/mol. The number of hydrogen-bond donors (Lipinski definition) is 0. The summed E-state index contributed by atoms with van der Waals surface area (Å²) in [5, 5.41) is 8.14. The van der Waals surface area contributed by atoms with Gasteiger partial charge >= 0.3 is 0 Å². The molecule has 0 amide bonds. The summed E-state index contributed by atoms with van der Waals surface area (Å²) in [5.74, 6) is 0. The predicted molar refractivity (Wildman–Crippen MR) is 47.4 cm³/mol. The van der Waals surface area contributed by atoms with Crippen LogP contribution < -0.4 is 0 Å². The van der Waals surface area contributed by atoms with Crippen LogP contribution in [0.1, 0.15) is 5.56 Å². The van der Waals surface area contributed by atoms with Crippen molar-refractivity contribution in [2.75, 3.05) is 0 Å². The molecule has 12 heavy (non-hydrogen) atoms. The van der Waals surface area contributed by atoms with Crippen LogP contribution in [-0.2, 0) is 6.54 Å². The molecule has 1 aromatic carbocycles. The smallest absolute Gasteiger partial charge is 0.111 e. The lowest BCUT2D eigenvalue weighted by molar-refractivity contribution is 0.436. The second-order valence-electron chi connectivity index (χ2n) is 2.43. The van der Waals surface area contributed by atoms with Crippen molar-refractivity contribution in [1.29, 1.82) is 0 Å². The minimum absolute atomic E-state index is 0.543. The van der Waals surface area contributed by atoms with Crippen LogP contribution >= 0.6 is 23.4 Å². The van der Waals surface area contributed by atoms with Crippen molar-refractivity contribution in [3.63, 3.8) is 0 Å². The molecule has 0 aliphatic carbocycles. The van der Waals surface area contributed by atoms with Gasteiger partial charge in [0.25, 0.3) is 0 Å². The topological polar surface area (TPSA) is 28.0 Å². The zero-order chi connectivity index (χ0) is 8.55. The van der Waals surface area contributed by atoms with E-state index in [4.69, 9.17) is 23.4 Å². The first kappa shape index (κ1) is 7.83. The molecule has 0 aromatic heterocycles. The number of fused-ring (bicyclic) bond motifs is 1. The Bertz CT molecular complexity index is 337. The Morgan fingerprint density at radius 1 is 1.42 bits per heavy atom. The highest BCUT2D eigenvalue weighted by molar-refractivity contribution is 6.33. The molecule has 62 valence electrons. The van der Waals surface area contributed by atoms with Crippen molar-refractivity contribution in [2.24, 2.45) is 10.3 Å². The summed E-state index contributed by atoms with van der Waals surface area (Å²) in [4.78, 5) is 0. The minimum atomic E-state index is 0.543. The lowest BCUT2D eigenvalue weighted by Crippen LogP contribution is -2.06. The summed E-state index contributed by atoms with van der Waals surface area (Å²) < 4.78 is 1.25. The Labute approximate surface area is 79.7 Å². The minimum Gasteiger partial charge on any atom is -0.182 e. The number of hydrogen-bond acceptors (Lipinski definition) is 3. The fourth-order valence-corrected chi connectivity index (χ4v) is 1.46. The summed E-state index contributed by atoms with van der Waals surface area (Å²) in [7, 11) is 0. The molecule has 0 saturated heterocycles. The zero-order valence-electron chi connectivity index (χ0n) is 6.04. The Morgan fingerprint density at radius 2 is 2.25 bits per heavy atom. The summed E-state index contributed by atoms with van der Waals surface area (Å²) in [6.07, 6.45) is 0. The molecule has 0 N–H and O–H groups in total. The molecule has 1 aliphatic rings. The van der Waals surface area contributed by atoms with Gasteiger partial charge in [0.05, 0.1) is 11.6 Å². The normalized spacial score (nSPS) is 14.7. The SMILES string of the molecule is Clc1cccc2c1N=NN(Cl)C2. The van der Waals surface area contributed by atoms with Gasteiger partial charge in [-0.25, -0.2) is 0 Å². The predicted octanol–water partition coefficient (Wildman–Crippen LogP) is 3.31. The average molecular weight is 202 g/mol. The Kier molecular flexibility index (Phi) is 1.90. The molecule has 0 saturated carbocycles. The summed E-state index contributed by atoms with van der Waals surface area (Å²) in [5.41, 5.74) is 1.71. The largest absolute Gasteiger partial charge is 0.182 e. The number of halogens is 2. The average Bonchev–Trinajstić information content (AvgIpc) is 2.04. The fraction of sp³-hybridized carbons (Fsp3) is 0.143. The van der Waals surface area contributed by atoms with Crippen LogP contribution in [0.25, 0.3) is 0 Å². The molecule has 0 bridgehead atoms. The van der Waals surface area contributed by atoms with Crippen LogP contribution in [0.4, 0.5) is 5.69 Å². The van der Waals surface area contributed by atoms with Gasteiger partial charge < -0.3 is 0 Å². The van der Waals surface area contributed by atoms with Crippen molar-refractivity contribution >= 4 is 29.1 Å². The van der Waals surface area contributed by atoms with Crippen LogP contribution in [0.5, 0.6) is 0 Å². The quantitative estimate of drug-likeness (QED) is 0.593. The third-order valence-corrected chi connectivity index (χ3v) is 2.11. The third kappa shape index (κ3) is 1.26. The monoisotopic (exact) mass is 201 g/mol. The van der Waals surface area contributed by atoms with Crippen molar-refractivity contribution < 1.29 is 0 Å². The molecule has 1 aromatic rings. The van der Waals surface area contributed by atoms with E-state index in [9.17, 15) is 0 Å². The van der Waals surface area contributed by atoms with Gasteiger partial charge in [-0.05, 0) is 6.07 Å². The summed E-state index contributed by atoms with van der Waals surface area (Å²) >= 11 is 11.5. The molecule has 0 fully saturated rings. The highest BCUT2D eigenvalue weighted by Gasteiger charge is 2.13. The maximum absolute atomic E-state index is 5.87. The molecule has 0 unspecified atom stereocenters. The summed E-state index contributed by atoms with van der Waals surface area (Å²) in [6, 6.07) is 5.57. The zero-order valence-corrected chi connectivity index (χ0v) is 7.55. The standard InChI is InChI=1S/C7H5Cl2N3/c8-6-3-1-2-5-4-12(9)11-10-7(5)6/h1-3H,4H2. The first-order valence-corrected chi connectivity index (χ1v) is 4.11. The number of rotatable bonds is 0. The highest BCUT2D eigenvalue weighted by Crippen LogP contribution is 2.33. The van der Waals surface area contributed by atoms with E-state index in [0.717, 1.165) is 11.3 Å². The van der Waals surface area contributed by atoms with E-state index >= 15 is 0 Å². The number of nitrogens with zero attached hydrogens (tertiary/aromatic N) is 3. The van der Waals surface area contributed by atoms with Crippen molar-refractivity contribution in [1.82, 2.24) is 4.53 Å². The van der Waals surface area contributed by atoms with Crippen LogP contribution in [0.15, 0.2) is 28.5 Å². The van der Waals surface area contributed by atoms with E-state index in [2.05, 4.69) is 10.3 Å². The first-order chi connectivity index (χ1) is 5.77. The highest BCUT2D eigenvalue weighted by atomic mass is 35.5. The molecule has 2 rings (SSSR count). The molecule has 1 aliphatic heterocycles.